The standard InChI is InChI=1S/C22H32N2O4S/c1-16(2)15-29(26,27)24-11-9-22(10-12-24)14-17(13-21(25)23-18-7-8-18)19-5-3-4-6-20(19)28-22/h3-6,16-18H,7-15H2,1-2H3,(H,23,25). The normalized spacial score (nSPS) is 24.2. The molecule has 6 nitrogen and oxygen atoms in total. The average molecular weight is 421 g/mol. The molecule has 1 aliphatic carbocycles. The highest BCUT2D eigenvalue weighted by Crippen LogP contribution is 2.46. The molecule has 7 heteroatoms. The molecular formula is C22H32N2O4S. The third-order valence-electron chi connectivity index (χ3n) is 6.25. The van der Waals surface area contributed by atoms with Crippen molar-refractivity contribution in [2.75, 3.05) is 18.8 Å². The van der Waals surface area contributed by atoms with Crippen LogP contribution in [0.5, 0.6) is 5.75 Å². The summed E-state index contributed by atoms with van der Waals surface area (Å²) < 4.78 is 33.3. The van der Waals surface area contributed by atoms with Gasteiger partial charge in [-0.3, -0.25) is 4.79 Å². The molecule has 2 fully saturated rings. The minimum Gasteiger partial charge on any atom is -0.487 e. The second-order valence-electron chi connectivity index (χ2n) is 9.34. The topological polar surface area (TPSA) is 75.7 Å². The van der Waals surface area contributed by atoms with Crippen LogP contribution in [0.1, 0.15) is 63.9 Å². The fraction of sp³-hybridized carbons (Fsp3) is 0.682. The zero-order valence-electron chi connectivity index (χ0n) is 17.4. The Bertz CT molecular complexity index is 855. The number of piperidine rings is 1. The molecule has 3 aliphatic rings. The van der Waals surface area contributed by atoms with Crippen molar-refractivity contribution < 1.29 is 17.9 Å². The first kappa shape index (κ1) is 20.7. The number of nitrogens with zero attached hydrogens (tertiary/aromatic N) is 1. The number of nitrogens with one attached hydrogen (secondary N) is 1. The summed E-state index contributed by atoms with van der Waals surface area (Å²) >= 11 is 0. The van der Waals surface area contributed by atoms with Crippen molar-refractivity contribution in [1.82, 2.24) is 9.62 Å². The van der Waals surface area contributed by atoms with Crippen molar-refractivity contribution in [3.63, 3.8) is 0 Å². The first-order chi connectivity index (χ1) is 13.8. The van der Waals surface area contributed by atoms with Crippen LogP contribution in [0.2, 0.25) is 0 Å². The van der Waals surface area contributed by atoms with Crippen LogP contribution >= 0.6 is 0 Å². The number of carbonyl (C=O) groups excluding carboxylic acids is 1. The maximum Gasteiger partial charge on any atom is 0.220 e. The van der Waals surface area contributed by atoms with Crippen molar-refractivity contribution in [2.24, 2.45) is 5.92 Å². The van der Waals surface area contributed by atoms with E-state index >= 15 is 0 Å². The molecule has 0 bridgehead atoms. The Kier molecular flexibility index (Phi) is 5.64. The largest absolute Gasteiger partial charge is 0.487 e. The summed E-state index contributed by atoms with van der Waals surface area (Å²) in [6.07, 6.45) is 4.73. The van der Waals surface area contributed by atoms with Crippen LogP contribution in [-0.2, 0) is 14.8 Å². The molecule has 4 rings (SSSR count). The van der Waals surface area contributed by atoms with Gasteiger partial charge in [0.05, 0.1) is 5.75 Å². The minimum atomic E-state index is -3.22. The first-order valence-corrected chi connectivity index (χ1v) is 12.4. The van der Waals surface area contributed by atoms with E-state index in [0.29, 0.717) is 38.4 Å². The van der Waals surface area contributed by atoms with Crippen molar-refractivity contribution in [3.8, 4) is 5.75 Å². The Morgan fingerprint density at radius 3 is 2.59 bits per heavy atom. The van der Waals surface area contributed by atoms with E-state index in [2.05, 4.69) is 11.4 Å². The molecule has 1 saturated carbocycles. The van der Waals surface area contributed by atoms with E-state index in [1.165, 1.54) is 0 Å². The van der Waals surface area contributed by atoms with Gasteiger partial charge in [-0.2, -0.15) is 0 Å². The second kappa shape index (κ2) is 7.91. The van der Waals surface area contributed by atoms with E-state index in [1.807, 2.05) is 32.0 Å². The highest BCUT2D eigenvalue weighted by molar-refractivity contribution is 7.89. The van der Waals surface area contributed by atoms with Gasteiger partial charge in [-0.15, -0.1) is 0 Å². The number of benzene rings is 1. The van der Waals surface area contributed by atoms with E-state index in [1.54, 1.807) is 4.31 Å². The van der Waals surface area contributed by atoms with Gasteiger partial charge in [-0.25, -0.2) is 12.7 Å². The zero-order chi connectivity index (χ0) is 20.6. The van der Waals surface area contributed by atoms with Gasteiger partial charge >= 0.3 is 0 Å². The molecule has 0 radical (unpaired) electrons. The summed E-state index contributed by atoms with van der Waals surface area (Å²) in [6.45, 7) is 4.83. The summed E-state index contributed by atoms with van der Waals surface area (Å²) in [7, 11) is -3.22. The van der Waals surface area contributed by atoms with E-state index in [0.717, 1.165) is 30.6 Å². The van der Waals surface area contributed by atoms with Gasteiger partial charge in [0.1, 0.15) is 11.4 Å². The number of sulfonamides is 1. The summed E-state index contributed by atoms with van der Waals surface area (Å²) in [6, 6.07) is 8.35. The molecule has 2 aliphatic heterocycles. The van der Waals surface area contributed by atoms with E-state index in [9.17, 15) is 13.2 Å². The number of ether oxygens (including phenoxy) is 1. The lowest BCUT2D eigenvalue weighted by Crippen LogP contribution is -2.52. The summed E-state index contributed by atoms with van der Waals surface area (Å²) in [5, 5.41) is 3.10. The van der Waals surface area contributed by atoms with Gasteiger partial charge in [0.2, 0.25) is 15.9 Å². The molecule has 1 unspecified atom stereocenters. The maximum atomic E-state index is 12.6. The Morgan fingerprint density at radius 1 is 1.24 bits per heavy atom. The number of carbonyl (C=O) groups is 1. The van der Waals surface area contributed by atoms with Crippen LogP contribution < -0.4 is 10.1 Å². The summed E-state index contributed by atoms with van der Waals surface area (Å²) in [4.78, 5) is 12.5. The fourth-order valence-corrected chi connectivity index (χ4v) is 6.46. The number of hydrogen-bond acceptors (Lipinski definition) is 4. The SMILES string of the molecule is CC(C)CS(=O)(=O)N1CCC2(CC1)CC(CC(=O)NC1CC1)c1ccccc1O2. The van der Waals surface area contributed by atoms with E-state index in [4.69, 9.17) is 4.74 Å². The summed E-state index contributed by atoms with van der Waals surface area (Å²) in [5.41, 5.74) is 0.710. The first-order valence-electron chi connectivity index (χ1n) is 10.8. The third kappa shape index (κ3) is 4.77. The van der Waals surface area contributed by atoms with Crippen molar-refractivity contribution in [1.29, 1.82) is 0 Å². The molecule has 1 aromatic rings. The van der Waals surface area contributed by atoms with Gasteiger partial charge < -0.3 is 10.1 Å². The molecule has 1 atom stereocenters. The van der Waals surface area contributed by atoms with Gasteiger partial charge in [-0.1, -0.05) is 32.0 Å². The molecular weight excluding hydrogens is 388 g/mol. The molecule has 2 heterocycles. The molecule has 1 N–H and O–H groups in total. The minimum absolute atomic E-state index is 0.109. The molecule has 1 aromatic carbocycles. The zero-order valence-corrected chi connectivity index (χ0v) is 18.2. The smallest absolute Gasteiger partial charge is 0.220 e. The molecule has 29 heavy (non-hydrogen) atoms. The van der Waals surface area contributed by atoms with Crippen LogP contribution in [0.4, 0.5) is 0 Å². The van der Waals surface area contributed by atoms with Crippen LogP contribution in [-0.4, -0.2) is 49.1 Å². The monoisotopic (exact) mass is 420 g/mol. The Morgan fingerprint density at radius 2 is 1.93 bits per heavy atom. The number of fused-ring (bicyclic) bond motifs is 1. The van der Waals surface area contributed by atoms with Crippen molar-refractivity contribution >= 4 is 15.9 Å². The number of para-hydroxylation sites is 1. The van der Waals surface area contributed by atoms with E-state index in [-0.39, 0.29) is 29.1 Å². The quantitative estimate of drug-likeness (QED) is 0.768. The predicted molar refractivity (Wildman–Crippen MR) is 112 cm³/mol. The fourth-order valence-electron chi connectivity index (χ4n) is 4.67. The van der Waals surface area contributed by atoms with Crippen LogP contribution in [0.3, 0.4) is 0 Å². The lowest BCUT2D eigenvalue weighted by atomic mass is 9.76. The molecule has 1 amide bonds. The Balaban J connectivity index is 1.48. The van der Waals surface area contributed by atoms with Gasteiger partial charge in [0, 0.05) is 44.3 Å². The molecule has 160 valence electrons. The lowest BCUT2D eigenvalue weighted by Gasteiger charge is -2.46. The molecule has 1 saturated heterocycles. The van der Waals surface area contributed by atoms with Crippen LogP contribution in [0, 0.1) is 5.92 Å². The van der Waals surface area contributed by atoms with Crippen LogP contribution in [0.25, 0.3) is 0 Å². The van der Waals surface area contributed by atoms with Gasteiger partial charge in [0.25, 0.3) is 0 Å². The van der Waals surface area contributed by atoms with Crippen LogP contribution in [0.15, 0.2) is 24.3 Å². The highest BCUT2D eigenvalue weighted by Gasteiger charge is 2.45. The Labute approximate surface area is 174 Å². The maximum absolute atomic E-state index is 12.6. The third-order valence-corrected chi connectivity index (χ3v) is 8.49. The highest BCUT2D eigenvalue weighted by atomic mass is 32.2. The van der Waals surface area contributed by atoms with Gasteiger partial charge in [-0.05, 0) is 36.8 Å². The number of amides is 1. The summed E-state index contributed by atoms with van der Waals surface area (Å²) in [5.74, 6) is 1.37. The predicted octanol–water partition coefficient (Wildman–Crippen LogP) is 3.04. The van der Waals surface area contributed by atoms with Crippen molar-refractivity contribution in [2.45, 2.75) is 69.9 Å². The van der Waals surface area contributed by atoms with Crippen molar-refractivity contribution in [3.05, 3.63) is 29.8 Å². The number of rotatable bonds is 6. The Hall–Kier alpha value is -1.60. The molecule has 0 aromatic heterocycles. The van der Waals surface area contributed by atoms with Gasteiger partial charge in [0.15, 0.2) is 0 Å². The van der Waals surface area contributed by atoms with E-state index < -0.39 is 10.0 Å². The second-order valence-corrected chi connectivity index (χ2v) is 11.4. The average Bonchev–Trinajstić information content (AvgIpc) is 3.45. The molecule has 1 spiro atoms. The lowest BCUT2D eigenvalue weighted by molar-refractivity contribution is -0.122. The number of hydrogen-bond donors (Lipinski definition) is 1.